The predicted molar refractivity (Wildman–Crippen MR) is 64.6 cm³/mol. The summed E-state index contributed by atoms with van der Waals surface area (Å²) >= 11 is 1.57. The summed E-state index contributed by atoms with van der Waals surface area (Å²) in [4.78, 5) is 4.83. The maximum absolute atomic E-state index is 12.9. The van der Waals surface area contributed by atoms with Gasteiger partial charge in [-0.15, -0.1) is 11.8 Å². The van der Waals surface area contributed by atoms with Crippen molar-refractivity contribution in [3.05, 3.63) is 54.0 Å². The van der Waals surface area contributed by atoms with E-state index in [0.717, 1.165) is 16.2 Å². The van der Waals surface area contributed by atoms with Gasteiger partial charge in [-0.25, -0.2) is 9.37 Å². The van der Waals surface area contributed by atoms with Gasteiger partial charge < -0.3 is 5.73 Å². The zero-order valence-electron chi connectivity index (χ0n) is 8.56. The number of thioether (sulfide) groups is 1. The summed E-state index contributed by atoms with van der Waals surface area (Å²) in [6.45, 7) is 0. The van der Waals surface area contributed by atoms with E-state index in [1.165, 1.54) is 12.1 Å². The number of rotatable bonds is 3. The minimum Gasteiger partial charge on any atom is -0.384 e. The maximum Gasteiger partial charge on any atom is 0.124 e. The van der Waals surface area contributed by atoms with Crippen LogP contribution >= 0.6 is 11.8 Å². The second kappa shape index (κ2) is 4.99. The Kier molecular flexibility index (Phi) is 3.41. The highest BCUT2D eigenvalue weighted by atomic mass is 32.2. The smallest absolute Gasteiger partial charge is 0.124 e. The first-order valence-electron chi connectivity index (χ1n) is 4.83. The lowest BCUT2D eigenvalue weighted by molar-refractivity contribution is 0.624. The van der Waals surface area contributed by atoms with E-state index in [2.05, 4.69) is 4.98 Å². The lowest BCUT2D eigenvalue weighted by atomic mass is 10.3. The molecule has 2 N–H and O–H groups in total. The molecular formula is C12H11FN2S. The average Bonchev–Trinajstić information content (AvgIpc) is 2.27. The van der Waals surface area contributed by atoms with Crippen LogP contribution in [0.4, 0.5) is 10.2 Å². The van der Waals surface area contributed by atoms with Gasteiger partial charge in [-0.3, -0.25) is 0 Å². The van der Waals surface area contributed by atoms with Crippen molar-refractivity contribution in [2.75, 3.05) is 5.73 Å². The highest BCUT2D eigenvalue weighted by molar-refractivity contribution is 7.98. The molecular weight excluding hydrogens is 223 g/mol. The number of hydrogen-bond acceptors (Lipinski definition) is 3. The van der Waals surface area contributed by atoms with Crippen LogP contribution in [0.25, 0.3) is 0 Å². The van der Waals surface area contributed by atoms with Gasteiger partial charge >= 0.3 is 0 Å². The van der Waals surface area contributed by atoms with Gasteiger partial charge in [-0.1, -0.05) is 6.07 Å². The zero-order valence-corrected chi connectivity index (χ0v) is 9.38. The first kappa shape index (κ1) is 11.0. The van der Waals surface area contributed by atoms with Gasteiger partial charge in [0.05, 0.1) is 0 Å². The Bertz CT molecular complexity index is 442. The van der Waals surface area contributed by atoms with E-state index in [1.807, 2.05) is 18.2 Å². The van der Waals surface area contributed by atoms with Crippen molar-refractivity contribution in [3.8, 4) is 0 Å². The molecule has 82 valence electrons. The van der Waals surface area contributed by atoms with Gasteiger partial charge in [0, 0.05) is 16.8 Å². The first-order valence-corrected chi connectivity index (χ1v) is 5.81. The molecule has 0 bridgehead atoms. The summed E-state index contributed by atoms with van der Waals surface area (Å²) in [5, 5.41) is 0. The number of benzene rings is 1. The Labute approximate surface area is 97.7 Å². The molecule has 0 amide bonds. The molecule has 1 aromatic heterocycles. The second-order valence-electron chi connectivity index (χ2n) is 3.34. The Morgan fingerprint density at radius 3 is 2.88 bits per heavy atom. The molecule has 0 unspecified atom stereocenters. The van der Waals surface area contributed by atoms with E-state index in [-0.39, 0.29) is 5.82 Å². The van der Waals surface area contributed by atoms with Crippen LogP contribution in [0.1, 0.15) is 5.56 Å². The standard InChI is InChI=1S/C12H11FN2S/c13-10-2-1-3-11(7-10)16-8-9-4-5-15-12(14)6-9/h1-7H,8H2,(H2,14,15). The molecule has 0 fully saturated rings. The molecule has 4 heteroatoms. The minimum atomic E-state index is -0.209. The van der Waals surface area contributed by atoms with Crippen LogP contribution < -0.4 is 5.73 Å². The summed E-state index contributed by atoms with van der Waals surface area (Å²) in [6.07, 6.45) is 1.68. The van der Waals surface area contributed by atoms with Crippen LogP contribution in [0, 0.1) is 5.82 Å². The van der Waals surface area contributed by atoms with Crippen LogP contribution in [-0.4, -0.2) is 4.98 Å². The fourth-order valence-corrected chi connectivity index (χ4v) is 2.19. The third kappa shape index (κ3) is 2.97. The van der Waals surface area contributed by atoms with Crippen LogP contribution in [0.15, 0.2) is 47.5 Å². The Hall–Kier alpha value is -1.55. The fraction of sp³-hybridized carbons (Fsp3) is 0.0833. The van der Waals surface area contributed by atoms with Gasteiger partial charge in [0.15, 0.2) is 0 Å². The lowest BCUT2D eigenvalue weighted by Gasteiger charge is -2.02. The van der Waals surface area contributed by atoms with Crippen molar-refractivity contribution in [1.82, 2.24) is 4.98 Å². The van der Waals surface area contributed by atoms with Gasteiger partial charge in [0.2, 0.25) is 0 Å². The summed E-state index contributed by atoms with van der Waals surface area (Å²) in [6, 6.07) is 10.3. The van der Waals surface area contributed by atoms with Gasteiger partial charge in [-0.2, -0.15) is 0 Å². The molecule has 1 heterocycles. The normalized spacial score (nSPS) is 10.3. The molecule has 1 aromatic carbocycles. The van der Waals surface area contributed by atoms with Crippen molar-refractivity contribution >= 4 is 17.6 Å². The quantitative estimate of drug-likeness (QED) is 0.829. The van der Waals surface area contributed by atoms with Crippen LogP contribution in [0.3, 0.4) is 0 Å². The van der Waals surface area contributed by atoms with Gasteiger partial charge in [-0.05, 0) is 35.9 Å². The molecule has 2 aromatic rings. The number of nitrogens with two attached hydrogens (primary N) is 1. The van der Waals surface area contributed by atoms with Crippen molar-refractivity contribution in [3.63, 3.8) is 0 Å². The zero-order chi connectivity index (χ0) is 11.4. The first-order chi connectivity index (χ1) is 7.74. The summed E-state index contributed by atoms with van der Waals surface area (Å²) in [7, 11) is 0. The molecule has 2 nitrogen and oxygen atoms in total. The van der Waals surface area contributed by atoms with Gasteiger partial charge in [0.1, 0.15) is 11.6 Å². The molecule has 0 spiro atoms. The number of anilines is 1. The van der Waals surface area contributed by atoms with E-state index < -0.39 is 0 Å². The largest absolute Gasteiger partial charge is 0.384 e. The summed E-state index contributed by atoms with van der Waals surface area (Å²) in [5.74, 6) is 1.06. The number of nitrogens with zero attached hydrogens (tertiary/aromatic N) is 1. The molecule has 0 saturated heterocycles. The van der Waals surface area contributed by atoms with Crippen molar-refractivity contribution < 1.29 is 4.39 Å². The van der Waals surface area contributed by atoms with E-state index in [4.69, 9.17) is 5.73 Å². The van der Waals surface area contributed by atoms with E-state index in [1.54, 1.807) is 24.0 Å². The second-order valence-corrected chi connectivity index (χ2v) is 4.38. The van der Waals surface area contributed by atoms with Crippen LogP contribution in [-0.2, 0) is 5.75 Å². The molecule has 0 aliphatic carbocycles. The average molecular weight is 234 g/mol. The molecule has 2 rings (SSSR count). The molecule has 0 aliphatic heterocycles. The van der Waals surface area contributed by atoms with E-state index >= 15 is 0 Å². The van der Waals surface area contributed by atoms with Crippen molar-refractivity contribution in [1.29, 1.82) is 0 Å². The van der Waals surface area contributed by atoms with Gasteiger partial charge in [0.25, 0.3) is 0 Å². The van der Waals surface area contributed by atoms with Crippen molar-refractivity contribution in [2.24, 2.45) is 0 Å². The fourth-order valence-electron chi connectivity index (χ4n) is 1.31. The predicted octanol–water partition coefficient (Wildman–Crippen LogP) is 3.10. The summed E-state index contributed by atoms with van der Waals surface area (Å²) in [5.41, 5.74) is 6.66. The SMILES string of the molecule is Nc1cc(CSc2cccc(F)c2)ccn1. The Morgan fingerprint density at radius 2 is 2.12 bits per heavy atom. The maximum atomic E-state index is 12.9. The number of nitrogen functional groups attached to an aromatic ring is 1. The minimum absolute atomic E-state index is 0.209. The number of halogens is 1. The number of pyridine rings is 1. The lowest BCUT2D eigenvalue weighted by Crippen LogP contribution is -1.90. The molecule has 0 radical (unpaired) electrons. The third-order valence-corrected chi connectivity index (χ3v) is 3.11. The molecule has 0 saturated carbocycles. The highest BCUT2D eigenvalue weighted by Crippen LogP contribution is 2.23. The Morgan fingerprint density at radius 1 is 1.25 bits per heavy atom. The monoisotopic (exact) mass is 234 g/mol. The summed E-state index contributed by atoms with van der Waals surface area (Å²) < 4.78 is 12.9. The number of aromatic nitrogens is 1. The van der Waals surface area contributed by atoms with E-state index in [9.17, 15) is 4.39 Å². The Balaban J connectivity index is 2.02. The molecule has 16 heavy (non-hydrogen) atoms. The van der Waals surface area contributed by atoms with Crippen molar-refractivity contribution in [2.45, 2.75) is 10.6 Å². The third-order valence-electron chi connectivity index (χ3n) is 2.05. The topological polar surface area (TPSA) is 38.9 Å². The molecule has 0 atom stereocenters. The molecule has 0 aliphatic rings. The number of hydrogen-bond donors (Lipinski definition) is 1. The van der Waals surface area contributed by atoms with Crippen LogP contribution in [0.5, 0.6) is 0 Å². The highest BCUT2D eigenvalue weighted by Gasteiger charge is 1.98. The van der Waals surface area contributed by atoms with Crippen LogP contribution in [0.2, 0.25) is 0 Å². The van der Waals surface area contributed by atoms with E-state index in [0.29, 0.717) is 5.82 Å².